The number of anilines is 1. The molecule has 0 saturated carbocycles. The van der Waals surface area contributed by atoms with Crippen molar-refractivity contribution in [3.8, 4) is 11.5 Å². The second-order valence-electron chi connectivity index (χ2n) is 9.06. The van der Waals surface area contributed by atoms with E-state index in [-0.39, 0.29) is 23.9 Å². The number of hydrogen-bond donors (Lipinski definition) is 3. The first-order valence-corrected chi connectivity index (χ1v) is 15.4. The number of amides is 1. The molecule has 0 spiro atoms. The predicted octanol–water partition coefficient (Wildman–Crippen LogP) is 5.01. The van der Waals surface area contributed by atoms with Crippen LogP contribution < -0.4 is 14.8 Å². The molecule has 1 amide bonds. The van der Waals surface area contributed by atoms with E-state index in [0.717, 1.165) is 17.5 Å². The van der Waals surface area contributed by atoms with E-state index in [4.69, 9.17) is 9.47 Å². The molecule has 1 aromatic heterocycles. The van der Waals surface area contributed by atoms with Crippen LogP contribution in [0.15, 0.2) is 65.6 Å². The Kier molecular flexibility index (Phi) is 9.75. The summed E-state index contributed by atoms with van der Waals surface area (Å²) in [5.41, 5.74) is 2.18. The molecular formula is C29H32N2O7S2. The highest BCUT2D eigenvalue weighted by Gasteiger charge is 2.25. The number of aliphatic hydroxyl groups is 2. The third kappa shape index (κ3) is 6.97. The van der Waals surface area contributed by atoms with Crippen LogP contribution in [0.5, 0.6) is 11.5 Å². The number of rotatable bonds is 13. The molecular weight excluding hydrogens is 552 g/mol. The number of nitrogens with zero attached hydrogens (tertiary/aromatic N) is 1. The topological polar surface area (TPSA) is 135 Å². The Bertz CT molecular complexity index is 1510. The lowest BCUT2D eigenvalue weighted by molar-refractivity contribution is -0.123. The standard InChI is InChI=1S/C29H32N2O7S2/c1-3-5-14-37-22-8-10-23(11-9-22)38-27(19-6-12-24(13-7-19)40(35,36)4-2)28(34)31-29-30-25-15-20(17-32)21(18-33)16-26(25)39-29/h6-13,15-16,27,32-33H,3-5,14,17-18H2,1-2H3,(H,30,31,34). The maximum atomic E-state index is 13.5. The summed E-state index contributed by atoms with van der Waals surface area (Å²) >= 11 is 1.23. The summed E-state index contributed by atoms with van der Waals surface area (Å²) in [6.45, 7) is 3.79. The van der Waals surface area contributed by atoms with Crippen LogP contribution in [-0.4, -0.2) is 41.9 Å². The van der Waals surface area contributed by atoms with Crippen LogP contribution in [0.3, 0.4) is 0 Å². The third-order valence-electron chi connectivity index (χ3n) is 6.29. The van der Waals surface area contributed by atoms with Gasteiger partial charge in [0, 0.05) is 5.56 Å². The van der Waals surface area contributed by atoms with Crippen molar-refractivity contribution in [2.75, 3.05) is 17.7 Å². The number of thiazole rings is 1. The van der Waals surface area contributed by atoms with E-state index < -0.39 is 21.8 Å². The van der Waals surface area contributed by atoms with Crippen LogP contribution in [0.4, 0.5) is 5.13 Å². The van der Waals surface area contributed by atoms with Gasteiger partial charge >= 0.3 is 0 Å². The van der Waals surface area contributed by atoms with Crippen LogP contribution in [0.2, 0.25) is 0 Å². The second kappa shape index (κ2) is 13.2. The van der Waals surface area contributed by atoms with Crippen molar-refractivity contribution in [2.24, 2.45) is 0 Å². The molecule has 4 aromatic rings. The molecule has 1 atom stereocenters. The van der Waals surface area contributed by atoms with Gasteiger partial charge in [-0.3, -0.25) is 10.1 Å². The van der Waals surface area contributed by atoms with Gasteiger partial charge in [0.1, 0.15) is 11.5 Å². The fourth-order valence-corrected chi connectivity index (χ4v) is 5.75. The van der Waals surface area contributed by atoms with Crippen LogP contribution in [0.1, 0.15) is 49.5 Å². The quantitative estimate of drug-likeness (QED) is 0.187. The number of fused-ring (bicyclic) bond motifs is 1. The molecule has 0 aliphatic rings. The molecule has 11 heteroatoms. The van der Waals surface area contributed by atoms with Crippen molar-refractivity contribution < 1.29 is 32.9 Å². The normalized spacial score (nSPS) is 12.3. The molecule has 40 heavy (non-hydrogen) atoms. The van der Waals surface area contributed by atoms with Gasteiger partial charge in [0.15, 0.2) is 15.0 Å². The van der Waals surface area contributed by atoms with Gasteiger partial charge in [0.05, 0.1) is 40.7 Å². The van der Waals surface area contributed by atoms with E-state index in [2.05, 4.69) is 17.2 Å². The van der Waals surface area contributed by atoms with Crippen molar-refractivity contribution in [2.45, 2.75) is 50.9 Å². The fourth-order valence-electron chi connectivity index (χ4n) is 3.95. The maximum Gasteiger partial charge on any atom is 0.271 e. The smallest absolute Gasteiger partial charge is 0.271 e. The summed E-state index contributed by atoms with van der Waals surface area (Å²) in [7, 11) is -3.41. The van der Waals surface area contributed by atoms with Gasteiger partial charge in [-0.25, -0.2) is 13.4 Å². The molecule has 1 heterocycles. The zero-order chi connectivity index (χ0) is 28.7. The van der Waals surface area contributed by atoms with E-state index in [9.17, 15) is 23.4 Å². The first kappa shape index (κ1) is 29.5. The van der Waals surface area contributed by atoms with Crippen molar-refractivity contribution in [1.82, 2.24) is 4.98 Å². The zero-order valence-electron chi connectivity index (χ0n) is 22.3. The number of benzene rings is 3. The predicted molar refractivity (Wildman–Crippen MR) is 154 cm³/mol. The lowest BCUT2D eigenvalue weighted by Gasteiger charge is -2.19. The Morgan fingerprint density at radius 3 is 2.25 bits per heavy atom. The van der Waals surface area contributed by atoms with Gasteiger partial charge < -0.3 is 19.7 Å². The van der Waals surface area contributed by atoms with Crippen molar-refractivity contribution in [3.05, 3.63) is 77.4 Å². The highest BCUT2D eigenvalue weighted by Crippen LogP contribution is 2.31. The number of nitrogens with one attached hydrogen (secondary N) is 1. The lowest BCUT2D eigenvalue weighted by Crippen LogP contribution is -2.25. The summed E-state index contributed by atoms with van der Waals surface area (Å²) in [4.78, 5) is 18.2. The average Bonchev–Trinajstić information content (AvgIpc) is 3.36. The van der Waals surface area contributed by atoms with E-state index in [0.29, 0.717) is 45.4 Å². The molecule has 9 nitrogen and oxygen atoms in total. The molecule has 1 unspecified atom stereocenters. The number of aliphatic hydroxyl groups excluding tert-OH is 2. The summed E-state index contributed by atoms with van der Waals surface area (Å²) in [5.74, 6) is 0.582. The van der Waals surface area contributed by atoms with Gasteiger partial charge in [-0.15, -0.1) is 0 Å². The van der Waals surface area contributed by atoms with Gasteiger partial charge in [-0.1, -0.05) is 43.7 Å². The monoisotopic (exact) mass is 584 g/mol. The minimum atomic E-state index is -3.41. The minimum absolute atomic E-state index is 0.0347. The van der Waals surface area contributed by atoms with Crippen molar-refractivity contribution in [3.63, 3.8) is 0 Å². The molecule has 0 radical (unpaired) electrons. The maximum absolute atomic E-state index is 13.5. The number of ether oxygens (including phenoxy) is 2. The molecule has 0 bridgehead atoms. The molecule has 0 fully saturated rings. The Hall–Kier alpha value is -3.51. The Labute approximate surface area is 237 Å². The van der Waals surface area contributed by atoms with Gasteiger partial charge in [0.2, 0.25) is 6.10 Å². The van der Waals surface area contributed by atoms with Gasteiger partial charge in [-0.05, 0) is 66.1 Å². The van der Waals surface area contributed by atoms with Crippen LogP contribution in [-0.2, 0) is 27.8 Å². The lowest BCUT2D eigenvalue weighted by atomic mass is 10.1. The van der Waals surface area contributed by atoms with Crippen molar-refractivity contribution >= 4 is 42.4 Å². The highest BCUT2D eigenvalue weighted by molar-refractivity contribution is 7.91. The average molecular weight is 585 g/mol. The van der Waals surface area contributed by atoms with E-state index in [1.165, 1.54) is 23.5 Å². The number of hydrogen-bond acceptors (Lipinski definition) is 9. The number of aromatic nitrogens is 1. The minimum Gasteiger partial charge on any atom is -0.494 e. The first-order chi connectivity index (χ1) is 19.3. The summed E-state index contributed by atoms with van der Waals surface area (Å²) in [6, 6.07) is 16.4. The van der Waals surface area contributed by atoms with E-state index in [1.54, 1.807) is 55.5 Å². The number of carbonyl (C=O) groups excluding carboxylic acids is 1. The molecule has 0 saturated heterocycles. The fraction of sp³-hybridized carbons (Fsp3) is 0.310. The van der Waals surface area contributed by atoms with E-state index >= 15 is 0 Å². The van der Waals surface area contributed by atoms with Crippen LogP contribution in [0, 0.1) is 0 Å². The Morgan fingerprint density at radius 1 is 0.975 bits per heavy atom. The van der Waals surface area contributed by atoms with Crippen molar-refractivity contribution in [1.29, 1.82) is 0 Å². The van der Waals surface area contributed by atoms with Crippen LogP contribution in [0.25, 0.3) is 10.2 Å². The van der Waals surface area contributed by atoms with Gasteiger partial charge in [-0.2, -0.15) is 0 Å². The highest BCUT2D eigenvalue weighted by atomic mass is 32.2. The first-order valence-electron chi connectivity index (χ1n) is 12.9. The summed E-state index contributed by atoms with van der Waals surface area (Å²) < 4.78 is 37.1. The summed E-state index contributed by atoms with van der Waals surface area (Å²) in [6.07, 6.45) is 0.854. The third-order valence-corrected chi connectivity index (χ3v) is 8.97. The molecule has 4 rings (SSSR count). The molecule has 3 aromatic carbocycles. The Morgan fingerprint density at radius 2 is 1.62 bits per heavy atom. The number of unbranched alkanes of at least 4 members (excludes halogenated alkanes) is 1. The molecule has 212 valence electrons. The summed E-state index contributed by atoms with van der Waals surface area (Å²) in [5, 5.41) is 22.3. The SMILES string of the molecule is CCCCOc1ccc(OC(C(=O)Nc2nc3cc(CO)c(CO)cc3s2)c2ccc(S(=O)(=O)CC)cc2)cc1. The molecule has 3 N–H and O–H groups in total. The number of sulfone groups is 1. The molecule has 0 aliphatic heterocycles. The number of carbonyl (C=O) groups is 1. The Balaban J connectivity index is 1.61. The van der Waals surface area contributed by atoms with E-state index in [1.807, 2.05) is 0 Å². The largest absolute Gasteiger partial charge is 0.494 e. The van der Waals surface area contributed by atoms with Gasteiger partial charge in [0.25, 0.3) is 5.91 Å². The molecule has 0 aliphatic carbocycles. The zero-order valence-corrected chi connectivity index (χ0v) is 23.9. The van der Waals surface area contributed by atoms with Crippen LogP contribution >= 0.6 is 11.3 Å². The second-order valence-corrected chi connectivity index (χ2v) is 12.4.